The number of anilines is 1. The first kappa shape index (κ1) is 23.1. The van der Waals surface area contributed by atoms with Crippen molar-refractivity contribution < 1.29 is 4.74 Å². The quantitative estimate of drug-likeness (QED) is 0.330. The molecule has 0 bridgehead atoms. The number of benzene rings is 1. The smallest absolute Gasteiger partial charge is 0.159 e. The maximum atomic E-state index is 6.21. The van der Waals surface area contributed by atoms with Crippen molar-refractivity contribution in [2.75, 3.05) is 51.2 Å². The minimum Gasteiger partial charge on any atom is -0.489 e. The number of imidazole rings is 1. The van der Waals surface area contributed by atoms with Gasteiger partial charge in [-0.2, -0.15) is 5.10 Å². The number of ether oxygens (including phenoxy) is 1. The number of hydrogen-bond donors (Lipinski definition) is 3. The highest BCUT2D eigenvalue weighted by Gasteiger charge is 2.20. The van der Waals surface area contributed by atoms with Crippen LogP contribution in [0.4, 0.5) is 5.69 Å². The fourth-order valence-corrected chi connectivity index (χ4v) is 5.42. The Kier molecular flexibility index (Phi) is 5.90. The third-order valence-electron chi connectivity index (χ3n) is 7.60. The lowest BCUT2D eigenvalue weighted by Crippen LogP contribution is -2.44. The molecule has 2 aliphatic rings. The number of piperazine rings is 1. The second kappa shape index (κ2) is 9.70. The van der Waals surface area contributed by atoms with Crippen LogP contribution in [0.25, 0.3) is 44.7 Å². The molecule has 2 saturated heterocycles. The fourth-order valence-electron chi connectivity index (χ4n) is 5.42. The van der Waals surface area contributed by atoms with Gasteiger partial charge in [0.2, 0.25) is 0 Å². The summed E-state index contributed by atoms with van der Waals surface area (Å²) in [5.41, 5.74) is 6.51. The first-order chi connectivity index (χ1) is 18.7. The molecule has 1 aromatic carbocycles. The van der Waals surface area contributed by atoms with Crippen molar-refractivity contribution in [2.45, 2.75) is 18.9 Å². The van der Waals surface area contributed by atoms with E-state index in [0.717, 1.165) is 108 Å². The molecule has 0 atom stereocenters. The van der Waals surface area contributed by atoms with Gasteiger partial charge in [0.15, 0.2) is 5.82 Å². The Morgan fingerprint density at radius 2 is 1.84 bits per heavy atom. The van der Waals surface area contributed by atoms with Crippen molar-refractivity contribution in [2.24, 2.45) is 0 Å². The number of para-hydroxylation sites is 1. The molecule has 0 spiro atoms. The molecular formula is C28H31N9O. The lowest BCUT2D eigenvalue weighted by atomic mass is 10.1. The van der Waals surface area contributed by atoms with E-state index in [4.69, 9.17) is 9.72 Å². The second-order valence-corrected chi connectivity index (χ2v) is 10.2. The van der Waals surface area contributed by atoms with Crippen LogP contribution in [-0.4, -0.2) is 87.5 Å². The van der Waals surface area contributed by atoms with E-state index in [1.54, 1.807) is 6.20 Å². The molecule has 2 aliphatic heterocycles. The average molecular weight is 510 g/mol. The molecule has 10 heteroatoms. The summed E-state index contributed by atoms with van der Waals surface area (Å²) in [5.74, 6) is 1.52. The number of hydrogen-bond acceptors (Lipinski definition) is 8. The topological polar surface area (TPSA) is 111 Å². The Morgan fingerprint density at radius 3 is 2.71 bits per heavy atom. The SMILES string of the molecule is CN1CCN(c2cccc3[nH]c(-c4n[nH]c5cnc(-c6cncc(OC7CCNCC7)c6)cc45)nc23)CC1. The molecule has 5 aromatic rings. The van der Waals surface area contributed by atoms with Crippen LogP contribution in [0.2, 0.25) is 0 Å². The summed E-state index contributed by atoms with van der Waals surface area (Å²) in [7, 11) is 2.17. The van der Waals surface area contributed by atoms with Gasteiger partial charge in [-0.15, -0.1) is 0 Å². The number of piperidine rings is 1. The van der Waals surface area contributed by atoms with E-state index >= 15 is 0 Å². The van der Waals surface area contributed by atoms with Crippen molar-refractivity contribution in [3.8, 4) is 28.5 Å². The molecule has 0 aliphatic carbocycles. The molecule has 38 heavy (non-hydrogen) atoms. The fraction of sp³-hybridized carbons (Fsp3) is 0.357. The van der Waals surface area contributed by atoms with Crippen LogP contribution in [0.5, 0.6) is 5.75 Å². The maximum Gasteiger partial charge on any atom is 0.159 e. The molecule has 6 heterocycles. The summed E-state index contributed by atoms with van der Waals surface area (Å²) in [4.78, 5) is 22.4. The highest BCUT2D eigenvalue weighted by Crippen LogP contribution is 2.32. The molecule has 2 fully saturated rings. The molecule has 0 saturated carbocycles. The lowest BCUT2D eigenvalue weighted by Gasteiger charge is -2.34. The molecule has 0 radical (unpaired) electrons. The normalized spacial score (nSPS) is 17.4. The van der Waals surface area contributed by atoms with Crippen LogP contribution in [0, 0.1) is 0 Å². The first-order valence-electron chi connectivity index (χ1n) is 13.3. The van der Waals surface area contributed by atoms with Crippen molar-refractivity contribution >= 4 is 27.6 Å². The van der Waals surface area contributed by atoms with Gasteiger partial charge in [0.05, 0.1) is 34.8 Å². The van der Waals surface area contributed by atoms with E-state index in [1.807, 2.05) is 24.5 Å². The number of fused-ring (bicyclic) bond motifs is 2. The highest BCUT2D eigenvalue weighted by atomic mass is 16.5. The van der Waals surface area contributed by atoms with Crippen molar-refractivity contribution in [1.29, 1.82) is 0 Å². The van der Waals surface area contributed by atoms with E-state index in [1.165, 1.54) is 0 Å². The molecule has 194 valence electrons. The van der Waals surface area contributed by atoms with Gasteiger partial charge in [0.25, 0.3) is 0 Å². The number of likely N-dealkylation sites (N-methyl/N-ethyl adjacent to an activating group) is 1. The van der Waals surface area contributed by atoms with Gasteiger partial charge in [0, 0.05) is 43.3 Å². The van der Waals surface area contributed by atoms with Gasteiger partial charge in [-0.05, 0) is 57.2 Å². The van der Waals surface area contributed by atoms with E-state index in [2.05, 4.69) is 65.5 Å². The third-order valence-corrected chi connectivity index (χ3v) is 7.60. The van der Waals surface area contributed by atoms with Gasteiger partial charge in [-0.25, -0.2) is 4.98 Å². The van der Waals surface area contributed by atoms with Crippen LogP contribution < -0.4 is 15.0 Å². The Morgan fingerprint density at radius 1 is 0.974 bits per heavy atom. The average Bonchev–Trinajstić information content (AvgIpc) is 3.58. The van der Waals surface area contributed by atoms with Crippen molar-refractivity contribution in [3.05, 3.63) is 48.9 Å². The number of aromatic amines is 2. The molecular weight excluding hydrogens is 478 g/mol. The standard InChI is InChI=1S/C28H31N9O/c1-36-9-11-37(12-10-36)25-4-2-3-22-27(25)33-28(32-22)26-21-14-23(31-17-24(21)34-35-26)18-13-20(16-30-15-18)38-19-5-7-29-8-6-19/h2-4,13-17,19,29H,5-12H2,1H3,(H,32,33)(H,34,35). The molecule has 7 rings (SSSR count). The highest BCUT2D eigenvalue weighted by molar-refractivity contribution is 5.96. The summed E-state index contributed by atoms with van der Waals surface area (Å²) >= 11 is 0. The second-order valence-electron chi connectivity index (χ2n) is 10.2. The number of pyridine rings is 2. The van der Waals surface area contributed by atoms with Gasteiger partial charge in [0.1, 0.15) is 23.1 Å². The number of nitrogens with one attached hydrogen (secondary N) is 3. The molecule has 0 amide bonds. The van der Waals surface area contributed by atoms with Gasteiger partial charge >= 0.3 is 0 Å². The Bertz CT molecular complexity index is 1580. The summed E-state index contributed by atoms with van der Waals surface area (Å²) in [6, 6.07) is 10.4. The van der Waals surface area contributed by atoms with E-state index in [-0.39, 0.29) is 6.10 Å². The zero-order valence-corrected chi connectivity index (χ0v) is 21.4. The third kappa shape index (κ3) is 4.35. The zero-order valence-electron chi connectivity index (χ0n) is 21.4. The minimum atomic E-state index is 0.216. The molecule has 0 unspecified atom stereocenters. The molecule has 10 nitrogen and oxygen atoms in total. The Labute approximate surface area is 220 Å². The lowest BCUT2D eigenvalue weighted by molar-refractivity contribution is 0.162. The number of H-pyrrole nitrogens is 2. The summed E-state index contributed by atoms with van der Waals surface area (Å²) in [6.45, 7) is 6.05. The summed E-state index contributed by atoms with van der Waals surface area (Å²) < 4.78 is 6.21. The maximum absolute atomic E-state index is 6.21. The van der Waals surface area contributed by atoms with Crippen LogP contribution >= 0.6 is 0 Å². The summed E-state index contributed by atoms with van der Waals surface area (Å²) in [5, 5.41) is 12.1. The predicted octanol–water partition coefficient (Wildman–Crippen LogP) is 3.45. The van der Waals surface area contributed by atoms with Crippen LogP contribution in [0.3, 0.4) is 0 Å². The van der Waals surface area contributed by atoms with Gasteiger partial charge in [-0.1, -0.05) is 6.07 Å². The van der Waals surface area contributed by atoms with Crippen LogP contribution in [-0.2, 0) is 0 Å². The Hall–Kier alpha value is -4.02. The van der Waals surface area contributed by atoms with Crippen LogP contribution in [0.1, 0.15) is 12.8 Å². The molecule has 3 N–H and O–H groups in total. The predicted molar refractivity (Wildman–Crippen MR) is 148 cm³/mol. The van der Waals surface area contributed by atoms with Gasteiger partial charge < -0.3 is 24.8 Å². The minimum absolute atomic E-state index is 0.216. The van der Waals surface area contributed by atoms with E-state index in [9.17, 15) is 0 Å². The Balaban J connectivity index is 1.22. The van der Waals surface area contributed by atoms with E-state index < -0.39 is 0 Å². The van der Waals surface area contributed by atoms with Crippen molar-refractivity contribution in [3.63, 3.8) is 0 Å². The van der Waals surface area contributed by atoms with E-state index in [0.29, 0.717) is 0 Å². The largest absolute Gasteiger partial charge is 0.489 e. The number of nitrogens with zero attached hydrogens (tertiary/aromatic N) is 6. The first-order valence-corrected chi connectivity index (χ1v) is 13.3. The van der Waals surface area contributed by atoms with Gasteiger partial charge in [-0.3, -0.25) is 15.1 Å². The number of rotatable bonds is 5. The zero-order chi connectivity index (χ0) is 25.5. The number of aromatic nitrogens is 6. The van der Waals surface area contributed by atoms with Crippen LogP contribution in [0.15, 0.2) is 48.9 Å². The summed E-state index contributed by atoms with van der Waals surface area (Å²) in [6.07, 6.45) is 7.64. The monoisotopic (exact) mass is 509 g/mol. The molecule has 4 aromatic heterocycles. The van der Waals surface area contributed by atoms with Crippen molar-refractivity contribution in [1.82, 2.24) is 40.3 Å².